The molecule has 0 fully saturated rings. The van der Waals surface area contributed by atoms with Gasteiger partial charge in [-0.05, 0) is 44.0 Å². The summed E-state index contributed by atoms with van der Waals surface area (Å²) in [6, 6.07) is 5.71. The van der Waals surface area contributed by atoms with Crippen molar-refractivity contribution in [2.45, 2.75) is 39.8 Å². The second-order valence-corrected chi connectivity index (χ2v) is 4.76. The maximum absolute atomic E-state index is 12.7. The van der Waals surface area contributed by atoms with Crippen LogP contribution in [0.4, 0.5) is 4.39 Å². The van der Waals surface area contributed by atoms with E-state index in [2.05, 4.69) is 5.32 Å². The summed E-state index contributed by atoms with van der Waals surface area (Å²) in [5, 5.41) is 2.87. The Morgan fingerprint density at radius 3 is 2.22 bits per heavy atom. The first kappa shape index (κ1) is 14.5. The standard InChI is InChI=1S/C14H20FNO2/c1-9(2)10(3)16-14(17)11(4)18-13-7-5-12(15)6-8-13/h5-11H,1-4H3,(H,16,17). The van der Waals surface area contributed by atoms with E-state index < -0.39 is 6.10 Å². The average molecular weight is 253 g/mol. The molecule has 18 heavy (non-hydrogen) atoms. The second kappa shape index (κ2) is 6.38. The molecule has 0 bridgehead atoms. The number of carbonyl (C=O) groups excluding carboxylic acids is 1. The van der Waals surface area contributed by atoms with Crippen molar-refractivity contribution < 1.29 is 13.9 Å². The first-order chi connectivity index (χ1) is 8.40. The molecule has 1 rings (SSSR count). The lowest BCUT2D eigenvalue weighted by molar-refractivity contribution is -0.128. The smallest absolute Gasteiger partial charge is 0.260 e. The molecule has 0 spiro atoms. The number of rotatable bonds is 5. The zero-order valence-corrected chi connectivity index (χ0v) is 11.2. The van der Waals surface area contributed by atoms with Crippen LogP contribution >= 0.6 is 0 Å². The highest BCUT2D eigenvalue weighted by Crippen LogP contribution is 2.13. The number of halogens is 1. The Kier molecular flexibility index (Phi) is 5.13. The monoisotopic (exact) mass is 253 g/mol. The van der Waals surface area contributed by atoms with Crippen molar-refractivity contribution in [1.82, 2.24) is 5.32 Å². The van der Waals surface area contributed by atoms with E-state index in [4.69, 9.17) is 4.74 Å². The molecule has 0 heterocycles. The highest BCUT2D eigenvalue weighted by Gasteiger charge is 2.18. The average Bonchev–Trinajstić information content (AvgIpc) is 2.31. The molecule has 0 aliphatic heterocycles. The largest absolute Gasteiger partial charge is 0.481 e. The van der Waals surface area contributed by atoms with Crippen molar-refractivity contribution in [2.24, 2.45) is 5.92 Å². The van der Waals surface area contributed by atoms with Gasteiger partial charge < -0.3 is 10.1 Å². The molecule has 1 aromatic rings. The highest BCUT2D eigenvalue weighted by atomic mass is 19.1. The van der Waals surface area contributed by atoms with Crippen LogP contribution in [-0.2, 0) is 4.79 Å². The van der Waals surface area contributed by atoms with Crippen LogP contribution < -0.4 is 10.1 Å². The fourth-order valence-corrected chi connectivity index (χ4v) is 1.28. The Morgan fingerprint density at radius 2 is 1.72 bits per heavy atom. The van der Waals surface area contributed by atoms with Crippen LogP contribution in [0.2, 0.25) is 0 Å². The molecule has 2 atom stereocenters. The molecule has 1 N–H and O–H groups in total. The van der Waals surface area contributed by atoms with Gasteiger partial charge in [0.2, 0.25) is 0 Å². The van der Waals surface area contributed by atoms with Gasteiger partial charge in [0.25, 0.3) is 5.91 Å². The van der Waals surface area contributed by atoms with Crippen LogP contribution in [0.15, 0.2) is 24.3 Å². The Hall–Kier alpha value is -1.58. The van der Waals surface area contributed by atoms with Crippen molar-refractivity contribution in [3.63, 3.8) is 0 Å². The fourth-order valence-electron chi connectivity index (χ4n) is 1.28. The van der Waals surface area contributed by atoms with Gasteiger partial charge >= 0.3 is 0 Å². The lowest BCUT2D eigenvalue weighted by atomic mass is 10.1. The van der Waals surface area contributed by atoms with E-state index in [1.165, 1.54) is 24.3 Å². The molecule has 3 nitrogen and oxygen atoms in total. The third kappa shape index (κ3) is 4.35. The minimum Gasteiger partial charge on any atom is -0.481 e. The maximum Gasteiger partial charge on any atom is 0.260 e. The van der Waals surface area contributed by atoms with E-state index in [-0.39, 0.29) is 17.8 Å². The minimum atomic E-state index is -0.600. The van der Waals surface area contributed by atoms with Gasteiger partial charge in [0, 0.05) is 6.04 Å². The third-order valence-corrected chi connectivity index (χ3v) is 2.87. The van der Waals surface area contributed by atoms with Gasteiger partial charge in [-0.2, -0.15) is 0 Å². The van der Waals surface area contributed by atoms with Crippen molar-refractivity contribution in [3.05, 3.63) is 30.1 Å². The van der Waals surface area contributed by atoms with Crippen LogP contribution in [-0.4, -0.2) is 18.1 Å². The van der Waals surface area contributed by atoms with Gasteiger partial charge in [0.1, 0.15) is 11.6 Å². The molecular weight excluding hydrogens is 233 g/mol. The maximum atomic E-state index is 12.7. The summed E-state index contributed by atoms with van der Waals surface area (Å²) in [6.07, 6.45) is -0.600. The second-order valence-electron chi connectivity index (χ2n) is 4.76. The normalized spacial score (nSPS) is 14.1. The number of amides is 1. The lowest BCUT2D eigenvalue weighted by Gasteiger charge is -2.21. The summed E-state index contributed by atoms with van der Waals surface area (Å²) in [7, 11) is 0. The van der Waals surface area contributed by atoms with Gasteiger partial charge in [-0.15, -0.1) is 0 Å². The van der Waals surface area contributed by atoms with Gasteiger partial charge in [0.05, 0.1) is 0 Å². The van der Waals surface area contributed by atoms with Gasteiger partial charge in [-0.1, -0.05) is 13.8 Å². The molecule has 1 aromatic carbocycles. The molecule has 0 aliphatic rings. The first-order valence-corrected chi connectivity index (χ1v) is 6.12. The Morgan fingerprint density at radius 1 is 1.17 bits per heavy atom. The number of hydrogen-bond donors (Lipinski definition) is 1. The molecule has 0 radical (unpaired) electrons. The molecule has 2 unspecified atom stereocenters. The molecular formula is C14H20FNO2. The van der Waals surface area contributed by atoms with E-state index in [1.807, 2.05) is 20.8 Å². The Bertz CT molecular complexity index is 389. The lowest BCUT2D eigenvalue weighted by Crippen LogP contribution is -2.43. The predicted octanol–water partition coefficient (Wildman–Crippen LogP) is 2.75. The summed E-state index contributed by atoms with van der Waals surface area (Å²) in [4.78, 5) is 11.8. The van der Waals surface area contributed by atoms with Gasteiger partial charge in [-0.25, -0.2) is 4.39 Å². The molecule has 0 aliphatic carbocycles. The van der Waals surface area contributed by atoms with Crippen LogP contribution in [0.25, 0.3) is 0 Å². The van der Waals surface area contributed by atoms with E-state index in [9.17, 15) is 9.18 Å². The molecule has 0 aromatic heterocycles. The van der Waals surface area contributed by atoms with Crippen LogP contribution in [0, 0.1) is 11.7 Å². The van der Waals surface area contributed by atoms with Crippen molar-refractivity contribution in [2.75, 3.05) is 0 Å². The molecule has 1 amide bonds. The molecule has 0 saturated heterocycles. The van der Waals surface area contributed by atoms with Crippen LogP contribution in [0.3, 0.4) is 0 Å². The zero-order valence-electron chi connectivity index (χ0n) is 11.2. The summed E-state index contributed by atoms with van der Waals surface area (Å²) in [5.74, 6) is 0.358. The number of ether oxygens (including phenoxy) is 1. The van der Waals surface area contributed by atoms with E-state index in [0.717, 1.165) is 0 Å². The van der Waals surface area contributed by atoms with E-state index in [1.54, 1.807) is 6.92 Å². The fraction of sp³-hybridized carbons (Fsp3) is 0.500. The SMILES string of the molecule is CC(Oc1ccc(F)cc1)C(=O)NC(C)C(C)C. The molecule has 4 heteroatoms. The van der Waals surface area contributed by atoms with E-state index in [0.29, 0.717) is 11.7 Å². The number of hydrogen-bond acceptors (Lipinski definition) is 2. The van der Waals surface area contributed by atoms with Gasteiger partial charge in [-0.3, -0.25) is 4.79 Å². The summed E-state index contributed by atoms with van der Waals surface area (Å²) < 4.78 is 18.1. The van der Waals surface area contributed by atoms with Crippen LogP contribution in [0.5, 0.6) is 5.75 Å². The minimum absolute atomic E-state index is 0.0942. The Labute approximate surface area is 107 Å². The molecule has 0 saturated carbocycles. The quantitative estimate of drug-likeness (QED) is 0.876. The predicted molar refractivity (Wildman–Crippen MR) is 68.9 cm³/mol. The highest BCUT2D eigenvalue weighted by molar-refractivity contribution is 5.80. The first-order valence-electron chi connectivity index (χ1n) is 6.12. The third-order valence-electron chi connectivity index (χ3n) is 2.87. The van der Waals surface area contributed by atoms with Crippen molar-refractivity contribution in [1.29, 1.82) is 0 Å². The summed E-state index contributed by atoms with van der Waals surface area (Å²) in [6.45, 7) is 7.70. The van der Waals surface area contributed by atoms with Crippen molar-refractivity contribution >= 4 is 5.91 Å². The van der Waals surface area contributed by atoms with Crippen LogP contribution in [0.1, 0.15) is 27.7 Å². The molecule has 100 valence electrons. The van der Waals surface area contributed by atoms with Crippen molar-refractivity contribution in [3.8, 4) is 5.75 Å². The van der Waals surface area contributed by atoms with Gasteiger partial charge in [0.15, 0.2) is 6.10 Å². The summed E-state index contributed by atoms with van der Waals surface area (Å²) in [5.41, 5.74) is 0. The number of benzene rings is 1. The summed E-state index contributed by atoms with van der Waals surface area (Å²) >= 11 is 0. The zero-order chi connectivity index (χ0) is 13.7. The topological polar surface area (TPSA) is 38.3 Å². The Balaban J connectivity index is 2.52. The number of nitrogens with one attached hydrogen (secondary N) is 1. The number of carbonyl (C=O) groups is 1. The van der Waals surface area contributed by atoms with E-state index >= 15 is 0 Å².